The molecule has 1 aliphatic heterocycles. The monoisotopic (exact) mass is 274 g/mol. The van der Waals surface area contributed by atoms with Crippen LogP contribution in [0, 0.1) is 5.41 Å². The first-order valence-corrected chi connectivity index (χ1v) is 8.05. The molecule has 1 N–H and O–H groups in total. The molecule has 0 fully saturated rings. The van der Waals surface area contributed by atoms with Crippen molar-refractivity contribution in [3.8, 4) is 0 Å². The molecule has 2 heteroatoms. The van der Waals surface area contributed by atoms with Gasteiger partial charge in [0.2, 0.25) is 0 Å². The van der Waals surface area contributed by atoms with Crippen molar-refractivity contribution in [3.05, 3.63) is 35.4 Å². The molecule has 1 aromatic carbocycles. The van der Waals surface area contributed by atoms with Gasteiger partial charge in [0.05, 0.1) is 0 Å². The van der Waals surface area contributed by atoms with E-state index in [-0.39, 0.29) is 0 Å². The summed E-state index contributed by atoms with van der Waals surface area (Å²) in [5.41, 5.74) is 3.36. The Balaban J connectivity index is 1.94. The van der Waals surface area contributed by atoms with Crippen LogP contribution in [0.2, 0.25) is 0 Å². The Morgan fingerprint density at radius 2 is 1.95 bits per heavy atom. The van der Waals surface area contributed by atoms with Gasteiger partial charge in [-0.25, -0.2) is 0 Å². The zero-order valence-electron chi connectivity index (χ0n) is 13.6. The van der Waals surface area contributed by atoms with E-state index in [2.05, 4.69) is 62.2 Å². The maximum Gasteiger partial charge on any atom is 0.0236 e. The number of fused-ring (bicyclic) bond motifs is 1. The van der Waals surface area contributed by atoms with Gasteiger partial charge in [0.25, 0.3) is 0 Å². The lowest BCUT2D eigenvalue weighted by Gasteiger charge is -2.39. The first kappa shape index (κ1) is 15.5. The Labute approximate surface area is 124 Å². The van der Waals surface area contributed by atoms with Crippen LogP contribution in [-0.2, 0) is 13.0 Å². The molecule has 1 heterocycles. The minimum atomic E-state index is 0.307. The quantitative estimate of drug-likeness (QED) is 0.854. The standard InChI is InChI=1S/C18H30N2/c1-5-11-19-15(2)18(3,4)14-20-12-10-16-8-6-7-9-17(16)13-20/h6-9,15,19H,5,10-14H2,1-4H3. The molecular formula is C18H30N2. The number of hydrogen-bond acceptors (Lipinski definition) is 2. The lowest BCUT2D eigenvalue weighted by molar-refractivity contribution is 0.132. The van der Waals surface area contributed by atoms with Crippen LogP contribution >= 0.6 is 0 Å². The van der Waals surface area contributed by atoms with Gasteiger partial charge < -0.3 is 5.32 Å². The van der Waals surface area contributed by atoms with Crippen molar-refractivity contribution in [1.29, 1.82) is 0 Å². The number of benzene rings is 1. The van der Waals surface area contributed by atoms with Gasteiger partial charge >= 0.3 is 0 Å². The number of nitrogens with zero attached hydrogens (tertiary/aromatic N) is 1. The van der Waals surface area contributed by atoms with E-state index in [1.807, 2.05) is 0 Å². The fourth-order valence-electron chi connectivity index (χ4n) is 3.04. The van der Waals surface area contributed by atoms with Gasteiger partial charge in [-0.2, -0.15) is 0 Å². The Hall–Kier alpha value is -0.860. The fraction of sp³-hybridized carbons (Fsp3) is 0.667. The fourth-order valence-corrected chi connectivity index (χ4v) is 3.04. The summed E-state index contributed by atoms with van der Waals surface area (Å²) < 4.78 is 0. The summed E-state index contributed by atoms with van der Waals surface area (Å²) in [6.07, 6.45) is 2.40. The summed E-state index contributed by atoms with van der Waals surface area (Å²) in [7, 11) is 0. The molecule has 2 nitrogen and oxygen atoms in total. The maximum absolute atomic E-state index is 3.65. The van der Waals surface area contributed by atoms with Gasteiger partial charge in [-0.15, -0.1) is 0 Å². The van der Waals surface area contributed by atoms with Crippen LogP contribution in [0.25, 0.3) is 0 Å². The van der Waals surface area contributed by atoms with E-state index >= 15 is 0 Å². The van der Waals surface area contributed by atoms with Crippen molar-refractivity contribution in [2.75, 3.05) is 19.6 Å². The van der Waals surface area contributed by atoms with Crippen LogP contribution in [0.5, 0.6) is 0 Å². The Morgan fingerprint density at radius 3 is 2.65 bits per heavy atom. The summed E-state index contributed by atoms with van der Waals surface area (Å²) in [5, 5.41) is 3.65. The largest absolute Gasteiger partial charge is 0.314 e. The predicted octanol–water partition coefficient (Wildman–Crippen LogP) is 3.46. The van der Waals surface area contributed by atoms with Crippen molar-refractivity contribution >= 4 is 0 Å². The summed E-state index contributed by atoms with van der Waals surface area (Å²) >= 11 is 0. The number of hydrogen-bond donors (Lipinski definition) is 1. The van der Waals surface area contributed by atoms with Crippen molar-refractivity contribution < 1.29 is 0 Å². The van der Waals surface area contributed by atoms with Crippen LogP contribution in [-0.4, -0.2) is 30.6 Å². The maximum atomic E-state index is 3.65. The minimum Gasteiger partial charge on any atom is -0.314 e. The average Bonchev–Trinajstić information content (AvgIpc) is 2.44. The molecule has 2 rings (SSSR count). The molecule has 0 spiro atoms. The first-order valence-electron chi connectivity index (χ1n) is 8.05. The summed E-state index contributed by atoms with van der Waals surface area (Å²) in [6, 6.07) is 9.45. The third kappa shape index (κ3) is 3.83. The highest BCUT2D eigenvalue weighted by molar-refractivity contribution is 5.29. The molecule has 1 aliphatic rings. The van der Waals surface area contributed by atoms with E-state index in [9.17, 15) is 0 Å². The Kier molecular flexibility index (Phi) is 5.22. The van der Waals surface area contributed by atoms with Crippen molar-refractivity contribution in [3.63, 3.8) is 0 Å². The van der Waals surface area contributed by atoms with Gasteiger partial charge in [0.15, 0.2) is 0 Å². The second kappa shape index (κ2) is 6.73. The zero-order chi connectivity index (χ0) is 14.6. The van der Waals surface area contributed by atoms with E-state index in [4.69, 9.17) is 0 Å². The molecule has 0 aromatic heterocycles. The molecule has 112 valence electrons. The SMILES string of the molecule is CCCNC(C)C(C)(C)CN1CCc2ccccc2C1. The second-order valence-corrected chi connectivity index (χ2v) is 6.89. The zero-order valence-corrected chi connectivity index (χ0v) is 13.6. The normalized spacial score (nSPS) is 17.8. The molecule has 0 aliphatic carbocycles. The molecule has 0 radical (unpaired) electrons. The van der Waals surface area contributed by atoms with Crippen molar-refractivity contribution in [2.24, 2.45) is 5.41 Å². The summed E-state index contributed by atoms with van der Waals surface area (Å²) in [6.45, 7) is 13.9. The van der Waals surface area contributed by atoms with Gasteiger partial charge in [0.1, 0.15) is 0 Å². The minimum absolute atomic E-state index is 0.307. The molecule has 1 atom stereocenters. The van der Waals surface area contributed by atoms with Crippen LogP contribution in [0.4, 0.5) is 0 Å². The van der Waals surface area contributed by atoms with E-state index in [1.165, 1.54) is 31.5 Å². The van der Waals surface area contributed by atoms with Crippen LogP contribution < -0.4 is 5.32 Å². The number of rotatable bonds is 6. The highest BCUT2D eigenvalue weighted by Gasteiger charge is 2.29. The molecule has 0 amide bonds. The molecule has 20 heavy (non-hydrogen) atoms. The third-order valence-corrected chi connectivity index (χ3v) is 4.71. The lowest BCUT2D eigenvalue weighted by Crippen LogP contribution is -2.48. The summed E-state index contributed by atoms with van der Waals surface area (Å²) in [5.74, 6) is 0. The van der Waals surface area contributed by atoms with Gasteiger partial charge in [-0.05, 0) is 42.9 Å². The number of nitrogens with one attached hydrogen (secondary N) is 1. The molecule has 1 aromatic rings. The highest BCUT2D eigenvalue weighted by atomic mass is 15.1. The van der Waals surface area contributed by atoms with Crippen LogP contribution in [0.1, 0.15) is 45.2 Å². The van der Waals surface area contributed by atoms with Gasteiger partial charge in [-0.3, -0.25) is 4.90 Å². The van der Waals surface area contributed by atoms with Crippen LogP contribution in [0.3, 0.4) is 0 Å². The molecule has 0 saturated carbocycles. The van der Waals surface area contributed by atoms with E-state index in [0.29, 0.717) is 11.5 Å². The topological polar surface area (TPSA) is 15.3 Å². The first-order chi connectivity index (χ1) is 9.53. The molecular weight excluding hydrogens is 244 g/mol. The summed E-state index contributed by atoms with van der Waals surface area (Å²) in [4.78, 5) is 2.62. The van der Waals surface area contributed by atoms with Gasteiger partial charge in [-0.1, -0.05) is 45.0 Å². The van der Waals surface area contributed by atoms with Crippen molar-refractivity contribution in [2.45, 2.75) is 53.1 Å². The highest BCUT2D eigenvalue weighted by Crippen LogP contribution is 2.26. The Morgan fingerprint density at radius 1 is 1.25 bits per heavy atom. The second-order valence-electron chi connectivity index (χ2n) is 6.89. The van der Waals surface area contributed by atoms with Crippen LogP contribution in [0.15, 0.2) is 24.3 Å². The predicted molar refractivity (Wildman–Crippen MR) is 87.0 cm³/mol. The molecule has 0 saturated heterocycles. The molecule has 1 unspecified atom stereocenters. The van der Waals surface area contributed by atoms with E-state index in [0.717, 1.165) is 13.1 Å². The Bertz CT molecular complexity index is 425. The van der Waals surface area contributed by atoms with Gasteiger partial charge in [0, 0.05) is 25.7 Å². The van der Waals surface area contributed by atoms with E-state index < -0.39 is 0 Å². The molecule has 0 bridgehead atoms. The lowest BCUT2D eigenvalue weighted by atomic mass is 9.84. The van der Waals surface area contributed by atoms with E-state index in [1.54, 1.807) is 5.56 Å². The van der Waals surface area contributed by atoms with Crippen molar-refractivity contribution in [1.82, 2.24) is 10.2 Å². The average molecular weight is 274 g/mol. The smallest absolute Gasteiger partial charge is 0.0236 e. The third-order valence-electron chi connectivity index (χ3n) is 4.71.